The van der Waals surface area contributed by atoms with Crippen LogP contribution in [-0.2, 0) is 0 Å². The quantitative estimate of drug-likeness (QED) is 0.926. The number of rotatable bonds is 3. The van der Waals surface area contributed by atoms with Crippen molar-refractivity contribution in [3.05, 3.63) is 24.0 Å². The molecule has 1 saturated carbocycles. The second kappa shape index (κ2) is 6.65. The first-order valence-electron chi connectivity index (χ1n) is 8.10. The molecule has 2 aliphatic rings. The fourth-order valence-electron chi connectivity index (χ4n) is 3.72. The molecule has 0 aromatic heterocycles. The summed E-state index contributed by atoms with van der Waals surface area (Å²) in [6, 6.07) is 5.83. The Hall–Kier alpha value is -1.29. The van der Waals surface area contributed by atoms with Crippen LogP contribution in [0.25, 0.3) is 0 Å². The van der Waals surface area contributed by atoms with E-state index in [4.69, 9.17) is 4.74 Å². The van der Waals surface area contributed by atoms with Crippen LogP contribution < -0.4 is 15.0 Å². The summed E-state index contributed by atoms with van der Waals surface area (Å²) in [5.41, 5.74) is 0.968. The Balaban J connectivity index is 1.69. The molecule has 1 N–H and O–H groups in total. The van der Waals surface area contributed by atoms with E-state index in [2.05, 4.69) is 10.2 Å². The van der Waals surface area contributed by atoms with Gasteiger partial charge in [0.15, 0.2) is 11.6 Å². The van der Waals surface area contributed by atoms with Crippen molar-refractivity contribution in [1.82, 2.24) is 5.32 Å². The van der Waals surface area contributed by atoms with E-state index in [1.807, 2.05) is 6.07 Å². The van der Waals surface area contributed by atoms with Crippen molar-refractivity contribution >= 4 is 5.69 Å². The van der Waals surface area contributed by atoms with Gasteiger partial charge in [0, 0.05) is 37.4 Å². The number of benzene rings is 1. The minimum absolute atomic E-state index is 0.275. The van der Waals surface area contributed by atoms with Crippen molar-refractivity contribution in [2.75, 3.05) is 31.6 Å². The van der Waals surface area contributed by atoms with Crippen molar-refractivity contribution in [3.63, 3.8) is 0 Å². The first-order chi connectivity index (χ1) is 10.3. The van der Waals surface area contributed by atoms with E-state index in [0.29, 0.717) is 11.8 Å². The highest BCUT2D eigenvalue weighted by molar-refractivity contribution is 5.50. The standard InChI is InChI=1S/C17H25FN2O/c1-21-17-8-7-14(11-15(17)18)20-10-9-19-16(12-20)13-5-3-2-4-6-13/h7-8,11,13,16,19H,2-6,9-10,12H2,1H3. The molecular formula is C17H25FN2O. The van der Waals surface area contributed by atoms with E-state index in [9.17, 15) is 4.39 Å². The van der Waals surface area contributed by atoms with Crippen molar-refractivity contribution in [2.45, 2.75) is 38.1 Å². The molecule has 1 aromatic rings. The molecule has 1 saturated heterocycles. The maximum Gasteiger partial charge on any atom is 0.167 e. The molecule has 0 amide bonds. The third kappa shape index (κ3) is 3.31. The lowest BCUT2D eigenvalue weighted by atomic mass is 9.83. The molecule has 0 radical (unpaired) electrons. The minimum atomic E-state index is -0.275. The van der Waals surface area contributed by atoms with Gasteiger partial charge in [0.05, 0.1) is 7.11 Å². The molecular weight excluding hydrogens is 267 g/mol. The maximum absolute atomic E-state index is 13.9. The Labute approximate surface area is 126 Å². The molecule has 0 spiro atoms. The molecule has 1 unspecified atom stereocenters. The lowest BCUT2D eigenvalue weighted by Crippen LogP contribution is -2.54. The molecule has 3 nitrogen and oxygen atoms in total. The first kappa shape index (κ1) is 14.6. The number of piperazine rings is 1. The predicted octanol–water partition coefficient (Wildman–Crippen LogP) is 3.19. The summed E-state index contributed by atoms with van der Waals surface area (Å²) in [5.74, 6) is 0.824. The number of ether oxygens (including phenoxy) is 1. The van der Waals surface area contributed by atoms with Crippen LogP contribution in [0.3, 0.4) is 0 Å². The van der Waals surface area contributed by atoms with Gasteiger partial charge in [0.1, 0.15) is 0 Å². The van der Waals surface area contributed by atoms with Gasteiger partial charge in [-0.25, -0.2) is 4.39 Å². The number of nitrogens with one attached hydrogen (secondary N) is 1. The lowest BCUT2D eigenvalue weighted by molar-refractivity contribution is 0.257. The number of hydrogen-bond donors (Lipinski definition) is 1. The number of nitrogens with zero attached hydrogens (tertiary/aromatic N) is 1. The summed E-state index contributed by atoms with van der Waals surface area (Å²) >= 11 is 0. The van der Waals surface area contributed by atoms with Crippen molar-refractivity contribution in [3.8, 4) is 5.75 Å². The van der Waals surface area contributed by atoms with Gasteiger partial charge < -0.3 is 15.0 Å². The molecule has 1 aliphatic carbocycles. The Morgan fingerprint density at radius 2 is 2.05 bits per heavy atom. The average Bonchev–Trinajstić information content (AvgIpc) is 2.56. The van der Waals surface area contributed by atoms with Gasteiger partial charge in [0.25, 0.3) is 0 Å². The summed E-state index contributed by atoms with van der Waals surface area (Å²) in [5, 5.41) is 3.67. The van der Waals surface area contributed by atoms with Gasteiger partial charge in [0.2, 0.25) is 0 Å². The summed E-state index contributed by atoms with van der Waals surface area (Å²) in [6.07, 6.45) is 6.78. The molecule has 1 aromatic carbocycles. The molecule has 3 rings (SSSR count). The van der Waals surface area contributed by atoms with Crippen LogP contribution in [0, 0.1) is 11.7 Å². The maximum atomic E-state index is 13.9. The molecule has 1 aliphatic heterocycles. The molecule has 2 fully saturated rings. The van der Waals surface area contributed by atoms with Crippen LogP contribution in [0.15, 0.2) is 18.2 Å². The zero-order chi connectivity index (χ0) is 14.7. The second-order valence-corrected chi connectivity index (χ2v) is 6.22. The van der Waals surface area contributed by atoms with E-state index in [1.165, 1.54) is 39.2 Å². The second-order valence-electron chi connectivity index (χ2n) is 6.22. The van der Waals surface area contributed by atoms with E-state index >= 15 is 0 Å². The van der Waals surface area contributed by atoms with Crippen LogP contribution in [0.5, 0.6) is 5.75 Å². The minimum Gasteiger partial charge on any atom is -0.494 e. The highest BCUT2D eigenvalue weighted by Crippen LogP contribution is 2.30. The number of hydrogen-bond acceptors (Lipinski definition) is 3. The topological polar surface area (TPSA) is 24.5 Å². The van der Waals surface area contributed by atoms with E-state index < -0.39 is 0 Å². The average molecular weight is 292 g/mol. The summed E-state index contributed by atoms with van der Waals surface area (Å²) < 4.78 is 18.9. The third-order valence-electron chi connectivity index (χ3n) is 4.92. The Kier molecular flexibility index (Phi) is 4.63. The molecule has 4 heteroatoms. The fourth-order valence-corrected chi connectivity index (χ4v) is 3.72. The Morgan fingerprint density at radius 1 is 1.24 bits per heavy atom. The van der Waals surface area contributed by atoms with Crippen LogP contribution in [-0.4, -0.2) is 32.8 Å². The first-order valence-corrected chi connectivity index (χ1v) is 8.10. The highest BCUT2D eigenvalue weighted by atomic mass is 19.1. The normalized spacial score (nSPS) is 24.1. The third-order valence-corrected chi connectivity index (χ3v) is 4.92. The van der Waals surface area contributed by atoms with E-state index in [0.717, 1.165) is 31.2 Å². The van der Waals surface area contributed by atoms with Crippen molar-refractivity contribution < 1.29 is 9.13 Å². The molecule has 0 bridgehead atoms. The van der Waals surface area contributed by atoms with Gasteiger partial charge in [-0.2, -0.15) is 0 Å². The molecule has 1 heterocycles. The van der Waals surface area contributed by atoms with Crippen LogP contribution in [0.1, 0.15) is 32.1 Å². The zero-order valence-corrected chi connectivity index (χ0v) is 12.8. The molecule has 21 heavy (non-hydrogen) atoms. The number of anilines is 1. The van der Waals surface area contributed by atoms with Gasteiger partial charge in [-0.05, 0) is 30.9 Å². The predicted molar refractivity (Wildman–Crippen MR) is 83.5 cm³/mol. The smallest absolute Gasteiger partial charge is 0.167 e. The van der Waals surface area contributed by atoms with Crippen molar-refractivity contribution in [1.29, 1.82) is 0 Å². The van der Waals surface area contributed by atoms with Gasteiger partial charge in [-0.1, -0.05) is 19.3 Å². The molecule has 116 valence electrons. The van der Waals surface area contributed by atoms with E-state index in [-0.39, 0.29) is 5.82 Å². The lowest BCUT2D eigenvalue weighted by Gasteiger charge is -2.40. The van der Waals surface area contributed by atoms with Gasteiger partial charge in [-0.15, -0.1) is 0 Å². The van der Waals surface area contributed by atoms with Gasteiger partial charge >= 0.3 is 0 Å². The number of halogens is 1. The molecule has 1 atom stereocenters. The van der Waals surface area contributed by atoms with Crippen LogP contribution >= 0.6 is 0 Å². The summed E-state index contributed by atoms with van der Waals surface area (Å²) in [6.45, 7) is 2.90. The van der Waals surface area contributed by atoms with Crippen LogP contribution in [0.2, 0.25) is 0 Å². The van der Waals surface area contributed by atoms with Gasteiger partial charge in [-0.3, -0.25) is 0 Å². The highest BCUT2D eigenvalue weighted by Gasteiger charge is 2.28. The Bertz CT molecular complexity index is 474. The fraction of sp³-hybridized carbons (Fsp3) is 0.647. The summed E-state index contributed by atoms with van der Waals surface area (Å²) in [4.78, 5) is 2.30. The van der Waals surface area contributed by atoms with E-state index in [1.54, 1.807) is 12.1 Å². The zero-order valence-electron chi connectivity index (χ0n) is 12.8. The van der Waals surface area contributed by atoms with Crippen LogP contribution in [0.4, 0.5) is 10.1 Å². The van der Waals surface area contributed by atoms with Crippen molar-refractivity contribution in [2.24, 2.45) is 5.92 Å². The Morgan fingerprint density at radius 3 is 2.76 bits per heavy atom. The monoisotopic (exact) mass is 292 g/mol. The number of methoxy groups -OCH3 is 1. The summed E-state index contributed by atoms with van der Waals surface area (Å²) in [7, 11) is 1.50. The SMILES string of the molecule is COc1ccc(N2CCNC(C3CCCCC3)C2)cc1F. The largest absolute Gasteiger partial charge is 0.494 e.